The monoisotopic (exact) mass is 316 g/mol. The molecule has 0 aliphatic carbocycles. The summed E-state index contributed by atoms with van der Waals surface area (Å²) in [6.45, 7) is 6.73. The van der Waals surface area contributed by atoms with Crippen LogP contribution in [-0.4, -0.2) is 40.8 Å². The van der Waals surface area contributed by atoms with E-state index in [9.17, 15) is 9.59 Å². The second kappa shape index (κ2) is 6.66. The first-order valence-electron chi connectivity index (χ1n) is 8.32. The van der Waals surface area contributed by atoms with Crippen LogP contribution in [0.25, 0.3) is 0 Å². The molecule has 124 valence electrons. The molecule has 0 spiro atoms. The van der Waals surface area contributed by atoms with Gasteiger partial charge in [-0.15, -0.1) is 0 Å². The van der Waals surface area contributed by atoms with Crippen molar-refractivity contribution in [1.29, 1.82) is 0 Å². The molecule has 0 unspecified atom stereocenters. The molecular weight excluding hydrogens is 292 g/mol. The zero-order valence-electron chi connectivity index (χ0n) is 13.8. The average Bonchev–Trinajstić information content (AvgIpc) is 2.99. The Kier molecular flexibility index (Phi) is 4.61. The zero-order valence-corrected chi connectivity index (χ0v) is 13.8. The minimum absolute atomic E-state index is 0.0775. The number of carbonyl (C=O) groups is 2. The summed E-state index contributed by atoms with van der Waals surface area (Å²) in [4.78, 5) is 30.3. The number of aromatic nitrogens is 1. The Hall–Kier alpha value is -1.95. The first kappa shape index (κ1) is 15.9. The lowest BCUT2D eigenvalue weighted by atomic mass is 9.96. The third-order valence-corrected chi connectivity index (χ3v) is 4.87. The summed E-state index contributed by atoms with van der Waals surface area (Å²) in [6.07, 6.45) is 4.29. The summed E-state index contributed by atoms with van der Waals surface area (Å²) in [5.41, 5.74) is 4.61. The summed E-state index contributed by atoms with van der Waals surface area (Å²) in [5.74, 6) is -0.0140. The Morgan fingerprint density at radius 2 is 2.30 bits per heavy atom. The zero-order chi connectivity index (χ0) is 16.4. The van der Waals surface area contributed by atoms with Crippen molar-refractivity contribution in [3.63, 3.8) is 0 Å². The second-order valence-electron chi connectivity index (χ2n) is 6.34. The number of hydrogen-bond acceptors (Lipinski definition) is 4. The lowest BCUT2D eigenvalue weighted by Gasteiger charge is -2.25. The van der Waals surface area contributed by atoms with Crippen LogP contribution in [0, 0.1) is 6.92 Å². The van der Waals surface area contributed by atoms with Gasteiger partial charge in [-0.1, -0.05) is 0 Å². The van der Waals surface area contributed by atoms with Crippen LogP contribution >= 0.6 is 0 Å². The molecule has 0 bridgehead atoms. The summed E-state index contributed by atoms with van der Waals surface area (Å²) >= 11 is 0. The van der Waals surface area contributed by atoms with E-state index in [-0.39, 0.29) is 11.8 Å². The summed E-state index contributed by atoms with van der Waals surface area (Å²) in [5, 5.41) is 6.34. The average molecular weight is 316 g/mol. The molecule has 0 saturated carbocycles. The number of amides is 2. The number of fused-ring (bicyclic) bond motifs is 1. The normalized spacial score (nSPS) is 18.7. The van der Waals surface area contributed by atoms with Gasteiger partial charge in [0.1, 0.15) is 6.04 Å². The van der Waals surface area contributed by atoms with Crippen molar-refractivity contribution in [3.05, 3.63) is 28.6 Å². The van der Waals surface area contributed by atoms with Gasteiger partial charge in [-0.05, 0) is 49.9 Å². The molecule has 2 aliphatic rings. The van der Waals surface area contributed by atoms with Gasteiger partial charge in [0.05, 0.1) is 0 Å². The van der Waals surface area contributed by atoms with E-state index in [2.05, 4.69) is 15.6 Å². The van der Waals surface area contributed by atoms with Crippen LogP contribution < -0.4 is 10.6 Å². The van der Waals surface area contributed by atoms with Crippen molar-refractivity contribution in [2.45, 2.75) is 52.2 Å². The Balaban J connectivity index is 1.68. The first-order valence-corrected chi connectivity index (χ1v) is 8.32. The van der Waals surface area contributed by atoms with Gasteiger partial charge in [0, 0.05) is 37.9 Å². The molecule has 1 aromatic rings. The molecule has 6 nitrogen and oxygen atoms in total. The molecule has 2 N–H and O–H groups in total. The molecule has 3 heterocycles. The fourth-order valence-corrected chi connectivity index (χ4v) is 3.42. The largest absolute Gasteiger partial charge is 0.350 e. The second-order valence-corrected chi connectivity index (χ2v) is 6.34. The fourth-order valence-electron chi connectivity index (χ4n) is 3.42. The number of rotatable bonds is 4. The maximum Gasteiger partial charge on any atom is 0.242 e. The van der Waals surface area contributed by atoms with E-state index in [4.69, 9.17) is 0 Å². The summed E-state index contributed by atoms with van der Waals surface area (Å²) < 4.78 is 0. The molecule has 2 aliphatic heterocycles. The van der Waals surface area contributed by atoms with E-state index in [0.717, 1.165) is 37.2 Å². The highest BCUT2D eigenvalue weighted by Gasteiger charge is 2.29. The van der Waals surface area contributed by atoms with E-state index in [1.54, 1.807) is 11.8 Å². The Labute approximate surface area is 136 Å². The van der Waals surface area contributed by atoms with Gasteiger partial charge in [-0.3, -0.25) is 14.6 Å². The highest BCUT2D eigenvalue weighted by molar-refractivity contribution is 5.88. The van der Waals surface area contributed by atoms with Crippen LogP contribution in [0.2, 0.25) is 0 Å². The highest BCUT2D eigenvalue weighted by Crippen LogP contribution is 2.20. The van der Waals surface area contributed by atoms with E-state index in [0.29, 0.717) is 19.5 Å². The molecule has 3 rings (SSSR count). The van der Waals surface area contributed by atoms with Crippen LogP contribution in [0.5, 0.6) is 0 Å². The van der Waals surface area contributed by atoms with Crippen LogP contribution in [0.15, 0.2) is 6.20 Å². The van der Waals surface area contributed by atoms with Crippen LogP contribution in [0.3, 0.4) is 0 Å². The van der Waals surface area contributed by atoms with Crippen LogP contribution in [-0.2, 0) is 29.1 Å². The highest BCUT2D eigenvalue weighted by atomic mass is 16.2. The van der Waals surface area contributed by atoms with Crippen molar-refractivity contribution in [3.8, 4) is 0 Å². The molecule has 23 heavy (non-hydrogen) atoms. The van der Waals surface area contributed by atoms with Crippen molar-refractivity contribution in [1.82, 2.24) is 20.5 Å². The maximum absolute atomic E-state index is 12.4. The van der Waals surface area contributed by atoms with Crippen LogP contribution in [0.4, 0.5) is 0 Å². The quantitative estimate of drug-likeness (QED) is 0.856. The molecule has 1 atom stereocenters. The van der Waals surface area contributed by atoms with Gasteiger partial charge in [0.25, 0.3) is 0 Å². The van der Waals surface area contributed by atoms with E-state index < -0.39 is 6.04 Å². The number of nitrogens with zero attached hydrogens (tertiary/aromatic N) is 2. The molecule has 0 radical (unpaired) electrons. The van der Waals surface area contributed by atoms with Gasteiger partial charge in [-0.2, -0.15) is 0 Å². The van der Waals surface area contributed by atoms with Crippen molar-refractivity contribution in [2.24, 2.45) is 0 Å². The number of likely N-dealkylation sites (tertiary alicyclic amines) is 1. The van der Waals surface area contributed by atoms with Gasteiger partial charge in [0.15, 0.2) is 0 Å². The predicted molar refractivity (Wildman–Crippen MR) is 86.6 cm³/mol. The van der Waals surface area contributed by atoms with Gasteiger partial charge in [-0.25, -0.2) is 0 Å². The summed E-state index contributed by atoms with van der Waals surface area (Å²) in [6, 6.07) is -0.403. The molecular formula is C17H24N4O2. The number of aryl methyl sites for hydroxylation is 1. The molecule has 1 saturated heterocycles. The number of hydrogen-bond donors (Lipinski definition) is 2. The van der Waals surface area contributed by atoms with E-state index >= 15 is 0 Å². The molecule has 1 aromatic heterocycles. The molecule has 0 aromatic carbocycles. The number of pyridine rings is 1. The van der Waals surface area contributed by atoms with Gasteiger partial charge in [0.2, 0.25) is 11.8 Å². The fraction of sp³-hybridized carbons (Fsp3) is 0.588. The topological polar surface area (TPSA) is 74.3 Å². The first-order chi connectivity index (χ1) is 11.1. The third kappa shape index (κ3) is 3.22. The predicted octanol–water partition coefficient (Wildman–Crippen LogP) is 0.663. The van der Waals surface area contributed by atoms with E-state index in [1.807, 2.05) is 13.1 Å². The lowest BCUT2D eigenvalue weighted by Crippen LogP contribution is -2.45. The molecule has 1 fully saturated rings. The van der Waals surface area contributed by atoms with Crippen molar-refractivity contribution >= 4 is 11.8 Å². The van der Waals surface area contributed by atoms with Crippen molar-refractivity contribution in [2.75, 3.05) is 13.1 Å². The lowest BCUT2D eigenvalue weighted by molar-refractivity contribution is -0.136. The van der Waals surface area contributed by atoms with Gasteiger partial charge >= 0.3 is 0 Å². The van der Waals surface area contributed by atoms with Crippen LogP contribution in [0.1, 0.15) is 42.1 Å². The SMILES string of the molecule is Cc1ncc2c(c1CNC(=O)[C@H](C)N1CCCC1=O)CCNC2. The Bertz CT molecular complexity index is 629. The Morgan fingerprint density at radius 1 is 1.48 bits per heavy atom. The maximum atomic E-state index is 12.4. The summed E-state index contributed by atoms with van der Waals surface area (Å²) in [7, 11) is 0. The van der Waals surface area contributed by atoms with E-state index in [1.165, 1.54) is 11.1 Å². The smallest absolute Gasteiger partial charge is 0.242 e. The minimum Gasteiger partial charge on any atom is -0.350 e. The molecule has 6 heteroatoms. The molecule has 2 amide bonds. The standard InChI is InChI=1S/C17H24N4O2/c1-11-15(14-5-6-18-8-13(14)9-19-11)10-20-17(23)12(2)21-7-3-4-16(21)22/h9,12,18H,3-8,10H2,1-2H3,(H,20,23)/t12-/m0/s1. The van der Waals surface area contributed by atoms with Gasteiger partial charge < -0.3 is 15.5 Å². The third-order valence-electron chi connectivity index (χ3n) is 4.87. The minimum atomic E-state index is -0.403. The van der Waals surface area contributed by atoms with Crippen molar-refractivity contribution < 1.29 is 9.59 Å². The Morgan fingerprint density at radius 3 is 3.04 bits per heavy atom. The number of carbonyl (C=O) groups excluding carboxylic acids is 2. The number of nitrogens with one attached hydrogen (secondary N) is 2.